The number of anilines is 3. The van der Waals surface area contributed by atoms with Crippen LogP contribution in [0.15, 0.2) is 12.1 Å². The smallest absolute Gasteiger partial charge is 0.237 e. The Bertz CT molecular complexity index is 604. The first-order chi connectivity index (χ1) is 8.54. The van der Waals surface area contributed by atoms with Crippen molar-refractivity contribution in [1.29, 1.82) is 0 Å². The Kier molecular flexibility index (Phi) is 2.94. The van der Waals surface area contributed by atoms with E-state index in [1.165, 1.54) is 0 Å². The Labute approximate surface area is 113 Å². The second-order valence-corrected chi connectivity index (χ2v) is 9.50. The maximum Gasteiger partial charge on any atom is 0.237 e. The highest BCUT2D eigenvalue weighted by Gasteiger charge is 2.45. The van der Waals surface area contributed by atoms with Gasteiger partial charge in [-0.15, -0.1) is 0 Å². The van der Waals surface area contributed by atoms with Crippen molar-refractivity contribution >= 4 is 30.1 Å². The monoisotopic (exact) mass is 281 g/mol. The van der Waals surface area contributed by atoms with E-state index in [0.29, 0.717) is 11.4 Å². The molecule has 0 aromatic heterocycles. The molecule has 6 heteroatoms. The molecule has 2 rings (SSSR count). The molecule has 0 saturated heterocycles. The van der Waals surface area contributed by atoms with Gasteiger partial charge in [-0.3, -0.25) is 4.79 Å². The van der Waals surface area contributed by atoms with Crippen LogP contribution in [0.25, 0.3) is 0 Å². The summed E-state index contributed by atoms with van der Waals surface area (Å²) in [6.07, 6.45) is 0.228. The SMILES string of the molecule is CC1(C)C(=O)N(CP(C)(C)=O)c2cc(N)c(N)cc21. The van der Waals surface area contributed by atoms with E-state index in [2.05, 4.69) is 0 Å². The maximum absolute atomic E-state index is 12.5. The minimum atomic E-state index is -2.36. The van der Waals surface area contributed by atoms with Gasteiger partial charge in [-0.25, -0.2) is 0 Å². The number of hydrogen-bond acceptors (Lipinski definition) is 4. The first-order valence-electron chi connectivity index (χ1n) is 6.09. The highest BCUT2D eigenvalue weighted by atomic mass is 31.2. The fraction of sp³-hybridized carbons (Fsp3) is 0.462. The summed E-state index contributed by atoms with van der Waals surface area (Å²) in [7, 11) is -2.36. The molecule has 0 fully saturated rings. The first-order valence-corrected chi connectivity index (χ1v) is 8.88. The molecule has 5 nitrogen and oxygen atoms in total. The van der Waals surface area contributed by atoms with Gasteiger partial charge in [-0.05, 0) is 44.9 Å². The summed E-state index contributed by atoms with van der Waals surface area (Å²) in [5.74, 6) is -0.0589. The fourth-order valence-electron chi connectivity index (χ4n) is 2.39. The lowest BCUT2D eigenvalue weighted by Crippen LogP contribution is -2.36. The third kappa shape index (κ3) is 2.23. The molecular weight excluding hydrogens is 261 g/mol. The number of amides is 1. The van der Waals surface area contributed by atoms with Gasteiger partial charge in [0, 0.05) is 0 Å². The molecule has 1 aliphatic rings. The Balaban J connectivity index is 2.60. The standard InChI is InChI=1S/C13H20N3O2P/c1-13(2)8-5-9(14)10(15)6-11(8)16(12(13)17)7-19(3,4)18/h5-6H,7,14-15H2,1-4H3. The van der Waals surface area contributed by atoms with Gasteiger partial charge in [-0.1, -0.05) is 0 Å². The van der Waals surface area contributed by atoms with Crippen LogP contribution in [0.4, 0.5) is 17.1 Å². The first kappa shape index (κ1) is 13.9. The number of nitrogen functional groups attached to an aromatic ring is 2. The van der Waals surface area contributed by atoms with Crippen molar-refractivity contribution in [1.82, 2.24) is 0 Å². The lowest BCUT2D eigenvalue weighted by atomic mass is 9.86. The van der Waals surface area contributed by atoms with Crippen molar-refractivity contribution < 1.29 is 9.36 Å². The molecule has 1 aromatic rings. The highest BCUT2D eigenvalue weighted by Crippen LogP contribution is 2.48. The van der Waals surface area contributed by atoms with Crippen LogP contribution >= 0.6 is 7.14 Å². The average molecular weight is 281 g/mol. The Hall–Kier alpha value is -1.48. The van der Waals surface area contributed by atoms with E-state index in [0.717, 1.165) is 11.3 Å². The van der Waals surface area contributed by atoms with E-state index in [9.17, 15) is 9.36 Å². The van der Waals surface area contributed by atoms with E-state index in [-0.39, 0.29) is 12.2 Å². The predicted molar refractivity (Wildman–Crippen MR) is 80.1 cm³/mol. The van der Waals surface area contributed by atoms with E-state index in [1.807, 2.05) is 13.8 Å². The van der Waals surface area contributed by atoms with Crippen LogP contribution in [0.3, 0.4) is 0 Å². The van der Waals surface area contributed by atoms with Gasteiger partial charge in [0.25, 0.3) is 0 Å². The molecule has 1 aromatic carbocycles. The maximum atomic E-state index is 12.5. The third-order valence-electron chi connectivity index (χ3n) is 3.43. The number of rotatable bonds is 2. The summed E-state index contributed by atoms with van der Waals surface area (Å²) in [6.45, 7) is 7.04. The minimum absolute atomic E-state index is 0.0589. The number of carbonyl (C=O) groups is 1. The van der Waals surface area contributed by atoms with E-state index in [1.54, 1.807) is 30.4 Å². The average Bonchev–Trinajstić information content (AvgIpc) is 2.41. The van der Waals surface area contributed by atoms with Crippen LogP contribution in [-0.2, 0) is 14.8 Å². The predicted octanol–water partition coefficient (Wildman–Crippen LogP) is 2.06. The number of nitrogens with two attached hydrogens (primary N) is 2. The number of carbonyl (C=O) groups excluding carboxylic acids is 1. The number of nitrogens with zero attached hydrogens (tertiary/aromatic N) is 1. The molecule has 1 heterocycles. The van der Waals surface area contributed by atoms with E-state index >= 15 is 0 Å². The molecule has 0 unspecified atom stereocenters. The van der Waals surface area contributed by atoms with E-state index < -0.39 is 12.6 Å². The van der Waals surface area contributed by atoms with Crippen molar-refractivity contribution in [2.75, 3.05) is 36.0 Å². The van der Waals surface area contributed by atoms with Crippen LogP contribution in [0, 0.1) is 0 Å². The van der Waals surface area contributed by atoms with Gasteiger partial charge in [-0.2, -0.15) is 0 Å². The lowest BCUT2D eigenvalue weighted by Gasteiger charge is -2.22. The van der Waals surface area contributed by atoms with Gasteiger partial charge >= 0.3 is 0 Å². The summed E-state index contributed by atoms with van der Waals surface area (Å²) in [6, 6.07) is 3.45. The molecule has 104 valence electrons. The highest BCUT2D eigenvalue weighted by molar-refractivity contribution is 7.62. The van der Waals surface area contributed by atoms with Crippen LogP contribution in [0.2, 0.25) is 0 Å². The molecule has 1 aliphatic heterocycles. The molecule has 0 spiro atoms. The van der Waals surface area contributed by atoms with Gasteiger partial charge in [0.05, 0.1) is 28.8 Å². The Morgan fingerprint density at radius 3 is 2.26 bits per heavy atom. The van der Waals surface area contributed by atoms with Crippen molar-refractivity contribution in [2.24, 2.45) is 0 Å². The minimum Gasteiger partial charge on any atom is -0.397 e. The summed E-state index contributed by atoms with van der Waals surface area (Å²) in [5.41, 5.74) is 13.5. The molecule has 0 bridgehead atoms. The molecule has 0 atom stereocenters. The van der Waals surface area contributed by atoms with Gasteiger partial charge in [0.2, 0.25) is 5.91 Å². The van der Waals surface area contributed by atoms with Crippen molar-refractivity contribution in [3.8, 4) is 0 Å². The van der Waals surface area contributed by atoms with Crippen molar-refractivity contribution in [3.05, 3.63) is 17.7 Å². The molecule has 0 radical (unpaired) electrons. The number of hydrogen-bond donors (Lipinski definition) is 2. The molecule has 4 N–H and O–H groups in total. The molecular formula is C13H20N3O2P. The zero-order chi connectivity index (χ0) is 14.6. The quantitative estimate of drug-likeness (QED) is 0.641. The zero-order valence-electron chi connectivity index (χ0n) is 11.7. The second-order valence-electron chi connectivity index (χ2n) is 6.07. The van der Waals surface area contributed by atoms with E-state index in [4.69, 9.17) is 11.5 Å². The Morgan fingerprint density at radius 2 is 1.74 bits per heavy atom. The molecule has 0 saturated carbocycles. The topological polar surface area (TPSA) is 89.4 Å². The summed E-state index contributed by atoms with van der Waals surface area (Å²) in [5, 5.41) is 0. The summed E-state index contributed by atoms with van der Waals surface area (Å²) in [4.78, 5) is 14.1. The molecule has 0 aliphatic carbocycles. The van der Waals surface area contributed by atoms with Crippen LogP contribution < -0.4 is 16.4 Å². The van der Waals surface area contributed by atoms with Gasteiger partial charge in [0.1, 0.15) is 7.14 Å². The largest absolute Gasteiger partial charge is 0.397 e. The molecule has 1 amide bonds. The molecule has 19 heavy (non-hydrogen) atoms. The normalized spacial score (nSPS) is 17.7. The van der Waals surface area contributed by atoms with Gasteiger partial charge in [0.15, 0.2) is 0 Å². The number of benzene rings is 1. The number of fused-ring (bicyclic) bond motifs is 1. The summed E-state index contributed by atoms with van der Waals surface area (Å²) >= 11 is 0. The Morgan fingerprint density at radius 1 is 1.21 bits per heavy atom. The summed E-state index contributed by atoms with van der Waals surface area (Å²) < 4.78 is 12.0. The second kappa shape index (κ2) is 4.01. The van der Waals surface area contributed by atoms with Crippen LogP contribution in [0.5, 0.6) is 0 Å². The lowest BCUT2D eigenvalue weighted by molar-refractivity contribution is -0.121. The van der Waals surface area contributed by atoms with Crippen molar-refractivity contribution in [2.45, 2.75) is 19.3 Å². The zero-order valence-corrected chi connectivity index (χ0v) is 12.6. The van der Waals surface area contributed by atoms with Crippen LogP contribution in [0.1, 0.15) is 19.4 Å². The van der Waals surface area contributed by atoms with Gasteiger partial charge < -0.3 is 20.9 Å². The van der Waals surface area contributed by atoms with Crippen molar-refractivity contribution in [3.63, 3.8) is 0 Å². The van der Waals surface area contributed by atoms with Crippen LogP contribution in [-0.4, -0.2) is 25.5 Å². The third-order valence-corrected chi connectivity index (χ3v) is 4.39. The fourth-order valence-corrected chi connectivity index (χ4v) is 3.35.